The molecule has 1 aliphatic heterocycles. The third-order valence-electron chi connectivity index (χ3n) is 3.94. The summed E-state index contributed by atoms with van der Waals surface area (Å²) in [5, 5.41) is 11.2. The maximum atomic E-state index is 12.2. The predicted octanol–water partition coefficient (Wildman–Crippen LogP) is 3.15. The van der Waals surface area contributed by atoms with Gasteiger partial charge < -0.3 is 10.6 Å². The van der Waals surface area contributed by atoms with Crippen molar-refractivity contribution in [1.29, 1.82) is 0 Å². The van der Waals surface area contributed by atoms with Gasteiger partial charge in [-0.25, -0.2) is 0 Å². The molecule has 0 spiro atoms. The molecule has 2 heterocycles. The summed E-state index contributed by atoms with van der Waals surface area (Å²) in [5.74, 6) is -0.188. The van der Waals surface area contributed by atoms with E-state index in [1.54, 1.807) is 6.07 Å². The molecule has 0 bridgehead atoms. The number of carbonyl (C=O) groups is 1. The molecule has 5 nitrogen and oxygen atoms in total. The standard InChI is InChI=1S/C16H18BrClN4O/c17-12-4-3-11(14(18)8-12)9-20-16(23)15-5-7-22(21-15)13-2-1-6-19-10-13/h3-5,7-8,13,19H,1-2,6,9-10H2,(H,20,23). The first-order chi connectivity index (χ1) is 11.1. The zero-order valence-corrected chi connectivity index (χ0v) is 14.9. The van der Waals surface area contributed by atoms with Crippen LogP contribution in [0.2, 0.25) is 5.02 Å². The summed E-state index contributed by atoms with van der Waals surface area (Å²) in [6.07, 6.45) is 4.09. The first kappa shape index (κ1) is 16.5. The summed E-state index contributed by atoms with van der Waals surface area (Å²) < 4.78 is 2.80. The number of rotatable bonds is 4. The molecule has 0 aliphatic carbocycles. The zero-order valence-electron chi connectivity index (χ0n) is 12.6. The fraction of sp³-hybridized carbons (Fsp3) is 0.375. The van der Waals surface area contributed by atoms with Gasteiger partial charge in [0.15, 0.2) is 0 Å². The third kappa shape index (κ3) is 4.13. The molecule has 3 rings (SSSR count). The van der Waals surface area contributed by atoms with Gasteiger partial charge in [-0.05, 0) is 43.1 Å². The van der Waals surface area contributed by atoms with E-state index in [1.807, 2.05) is 29.1 Å². The Hall–Kier alpha value is -1.37. The van der Waals surface area contributed by atoms with Crippen LogP contribution in [0.5, 0.6) is 0 Å². The van der Waals surface area contributed by atoms with Crippen LogP contribution in [0.15, 0.2) is 34.9 Å². The molecule has 0 saturated carbocycles. The molecule has 1 fully saturated rings. The van der Waals surface area contributed by atoms with Gasteiger partial charge in [0, 0.05) is 28.8 Å². The molecule has 122 valence electrons. The van der Waals surface area contributed by atoms with E-state index in [9.17, 15) is 4.79 Å². The summed E-state index contributed by atoms with van der Waals surface area (Å²) in [6.45, 7) is 2.33. The average Bonchev–Trinajstić information content (AvgIpc) is 3.05. The smallest absolute Gasteiger partial charge is 0.272 e. The SMILES string of the molecule is O=C(NCc1ccc(Br)cc1Cl)c1ccn(C2CCCNC2)n1. The number of piperidine rings is 1. The number of halogens is 2. The van der Waals surface area contributed by atoms with Gasteiger partial charge in [-0.3, -0.25) is 9.48 Å². The molecule has 1 aromatic carbocycles. The second-order valence-corrected chi connectivity index (χ2v) is 6.92. The predicted molar refractivity (Wildman–Crippen MR) is 93.7 cm³/mol. The lowest BCUT2D eigenvalue weighted by atomic mass is 10.1. The third-order valence-corrected chi connectivity index (χ3v) is 4.79. The second kappa shape index (κ2) is 7.47. The van der Waals surface area contributed by atoms with Crippen LogP contribution in [-0.4, -0.2) is 28.8 Å². The highest BCUT2D eigenvalue weighted by molar-refractivity contribution is 9.10. The molecule has 1 unspecified atom stereocenters. The fourth-order valence-corrected chi connectivity index (χ4v) is 3.39. The Morgan fingerprint density at radius 3 is 3.09 bits per heavy atom. The van der Waals surface area contributed by atoms with Gasteiger partial charge in [-0.2, -0.15) is 5.10 Å². The van der Waals surface area contributed by atoms with Gasteiger partial charge >= 0.3 is 0 Å². The Morgan fingerprint density at radius 1 is 1.48 bits per heavy atom. The number of benzene rings is 1. The monoisotopic (exact) mass is 396 g/mol. The molecule has 0 radical (unpaired) electrons. The topological polar surface area (TPSA) is 59.0 Å². The summed E-state index contributed by atoms with van der Waals surface area (Å²) in [5.41, 5.74) is 1.31. The molecule has 2 N–H and O–H groups in total. The lowest BCUT2D eigenvalue weighted by Crippen LogP contribution is -2.32. The Labute approximate surface area is 148 Å². The van der Waals surface area contributed by atoms with Crippen molar-refractivity contribution in [3.8, 4) is 0 Å². The van der Waals surface area contributed by atoms with Gasteiger partial charge in [0.2, 0.25) is 0 Å². The van der Waals surface area contributed by atoms with Crippen LogP contribution in [0, 0.1) is 0 Å². The summed E-state index contributed by atoms with van der Waals surface area (Å²) in [7, 11) is 0. The second-order valence-electron chi connectivity index (χ2n) is 5.60. The molecule has 23 heavy (non-hydrogen) atoms. The molecule has 1 saturated heterocycles. The lowest BCUT2D eigenvalue weighted by molar-refractivity contribution is 0.0944. The summed E-state index contributed by atoms with van der Waals surface area (Å²) >= 11 is 9.52. The summed E-state index contributed by atoms with van der Waals surface area (Å²) in [6, 6.07) is 7.68. The highest BCUT2D eigenvalue weighted by Crippen LogP contribution is 2.21. The van der Waals surface area contributed by atoms with Crippen molar-refractivity contribution in [2.45, 2.75) is 25.4 Å². The number of hydrogen-bond acceptors (Lipinski definition) is 3. The minimum Gasteiger partial charge on any atom is -0.347 e. The van der Waals surface area contributed by atoms with E-state index in [0.29, 0.717) is 23.3 Å². The van der Waals surface area contributed by atoms with Crippen LogP contribution in [-0.2, 0) is 6.54 Å². The maximum Gasteiger partial charge on any atom is 0.272 e. The molecule has 1 atom stereocenters. The molecular formula is C16H18BrClN4O. The average molecular weight is 398 g/mol. The highest BCUT2D eigenvalue weighted by atomic mass is 79.9. The van der Waals surface area contributed by atoms with Crippen LogP contribution in [0.3, 0.4) is 0 Å². The van der Waals surface area contributed by atoms with Crippen LogP contribution in [0.1, 0.15) is 34.9 Å². The van der Waals surface area contributed by atoms with Gasteiger partial charge in [-0.15, -0.1) is 0 Å². The normalized spacial score (nSPS) is 17.9. The Balaban J connectivity index is 1.61. The minimum atomic E-state index is -0.188. The Bertz CT molecular complexity index is 697. The van der Waals surface area contributed by atoms with E-state index >= 15 is 0 Å². The zero-order chi connectivity index (χ0) is 16.2. The van der Waals surface area contributed by atoms with Crippen molar-refractivity contribution in [1.82, 2.24) is 20.4 Å². The molecule has 1 aliphatic rings. The van der Waals surface area contributed by atoms with Crippen LogP contribution >= 0.6 is 27.5 Å². The van der Waals surface area contributed by atoms with Crippen molar-refractivity contribution in [2.75, 3.05) is 13.1 Å². The molecular weight excluding hydrogens is 380 g/mol. The van der Waals surface area contributed by atoms with Crippen molar-refractivity contribution in [2.24, 2.45) is 0 Å². The van der Waals surface area contributed by atoms with E-state index in [-0.39, 0.29) is 5.91 Å². The molecule has 1 amide bonds. The van der Waals surface area contributed by atoms with Crippen LogP contribution < -0.4 is 10.6 Å². The van der Waals surface area contributed by atoms with Gasteiger partial charge in [-0.1, -0.05) is 33.6 Å². The number of aromatic nitrogens is 2. The molecule has 1 aromatic heterocycles. The maximum absolute atomic E-state index is 12.2. The van der Waals surface area contributed by atoms with Crippen molar-refractivity contribution in [3.63, 3.8) is 0 Å². The number of nitrogens with zero attached hydrogens (tertiary/aromatic N) is 2. The first-order valence-electron chi connectivity index (χ1n) is 7.61. The van der Waals surface area contributed by atoms with Gasteiger partial charge in [0.25, 0.3) is 5.91 Å². The number of carbonyl (C=O) groups excluding carboxylic acids is 1. The van der Waals surface area contributed by atoms with E-state index in [2.05, 4.69) is 31.7 Å². The van der Waals surface area contributed by atoms with Gasteiger partial charge in [0.05, 0.1) is 6.04 Å². The quantitative estimate of drug-likeness (QED) is 0.833. The van der Waals surface area contributed by atoms with Crippen molar-refractivity contribution < 1.29 is 4.79 Å². The minimum absolute atomic E-state index is 0.188. The van der Waals surface area contributed by atoms with E-state index in [1.165, 1.54) is 0 Å². The summed E-state index contributed by atoms with van der Waals surface area (Å²) in [4.78, 5) is 12.2. The van der Waals surface area contributed by atoms with E-state index in [0.717, 1.165) is 36.0 Å². The van der Waals surface area contributed by atoms with Crippen LogP contribution in [0.4, 0.5) is 0 Å². The van der Waals surface area contributed by atoms with Crippen molar-refractivity contribution >= 4 is 33.4 Å². The first-order valence-corrected chi connectivity index (χ1v) is 8.78. The number of nitrogens with one attached hydrogen (secondary N) is 2. The molecule has 7 heteroatoms. The van der Waals surface area contributed by atoms with E-state index in [4.69, 9.17) is 11.6 Å². The van der Waals surface area contributed by atoms with E-state index < -0.39 is 0 Å². The molecule has 2 aromatic rings. The largest absolute Gasteiger partial charge is 0.347 e. The Morgan fingerprint density at radius 2 is 2.35 bits per heavy atom. The van der Waals surface area contributed by atoms with Gasteiger partial charge in [0.1, 0.15) is 5.69 Å². The van der Waals surface area contributed by atoms with Crippen LogP contribution in [0.25, 0.3) is 0 Å². The lowest BCUT2D eigenvalue weighted by Gasteiger charge is -2.22. The van der Waals surface area contributed by atoms with Crippen molar-refractivity contribution in [3.05, 3.63) is 51.2 Å². The Kier molecular flexibility index (Phi) is 5.35. The fourth-order valence-electron chi connectivity index (χ4n) is 2.65. The highest BCUT2D eigenvalue weighted by Gasteiger charge is 2.17. The number of amides is 1. The number of hydrogen-bond donors (Lipinski definition) is 2.